The number of fused-ring (bicyclic) bond motifs is 1. The van der Waals surface area contributed by atoms with E-state index < -0.39 is 22.6 Å². The Morgan fingerprint density at radius 2 is 1.87 bits per heavy atom. The number of hydrogen-bond donors (Lipinski definition) is 2. The van der Waals surface area contributed by atoms with Gasteiger partial charge in [-0.15, -0.1) is 11.8 Å². The summed E-state index contributed by atoms with van der Waals surface area (Å²) >= 11 is 7.19. The Kier molecular flexibility index (Phi) is 10.8. The quantitative estimate of drug-likeness (QED) is 0.105. The lowest BCUT2D eigenvalue weighted by Gasteiger charge is -2.48. The smallest absolute Gasteiger partial charge is 0.380 e. The van der Waals surface area contributed by atoms with Crippen LogP contribution in [0.2, 0.25) is 0 Å². The molecule has 47 heavy (non-hydrogen) atoms. The van der Waals surface area contributed by atoms with E-state index in [1.807, 2.05) is 13.8 Å². The molecule has 1 spiro atoms. The third-order valence-corrected chi connectivity index (χ3v) is 11.0. The molecule has 1 aromatic carbocycles. The molecule has 4 aliphatic heterocycles. The van der Waals surface area contributed by atoms with Crippen LogP contribution in [0, 0.1) is 10.8 Å². The van der Waals surface area contributed by atoms with Crippen LogP contribution in [0.3, 0.4) is 0 Å². The van der Waals surface area contributed by atoms with E-state index in [9.17, 15) is 32.2 Å². The number of amides is 1. The van der Waals surface area contributed by atoms with Crippen LogP contribution in [0.25, 0.3) is 6.08 Å². The van der Waals surface area contributed by atoms with Gasteiger partial charge in [0.15, 0.2) is 0 Å². The van der Waals surface area contributed by atoms with Gasteiger partial charge in [0.2, 0.25) is 5.91 Å². The maximum atomic E-state index is 14.7. The Balaban J connectivity index is 1.52. The van der Waals surface area contributed by atoms with Crippen LogP contribution < -0.4 is 5.32 Å². The van der Waals surface area contributed by atoms with Gasteiger partial charge < -0.3 is 24.8 Å². The van der Waals surface area contributed by atoms with Crippen molar-refractivity contribution in [3.63, 3.8) is 0 Å². The fraction of sp³-hybridized carbons (Fsp3) is 0.515. The third kappa shape index (κ3) is 7.58. The van der Waals surface area contributed by atoms with Crippen LogP contribution in [0.15, 0.2) is 53.0 Å². The SMILES string of the molecule is C=CC(=O)N1[C@H](C)CN(C(=N)c2cc(C(F)(F)F)c(/C=C/C(Cl)=C(F)\C=C\F)c3c2N[C@@H](CN2CCC4(CC2)COC4)CS3)C[C@@H]1C. The zero-order chi connectivity index (χ0) is 34.1. The highest BCUT2D eigenvalue weighted by molar-refractivity contribution is 7.99. The number of piperidine rings is 1. The number of anilines is 1. The Morgan fingerprint density at radius 1 is 1.21 bits per heavy atom. The number of benzene rings is 1. The van der Waals surface area contributed by atoms with Crippen molar-refractivity contribution in [1.29, 1.82) is 5.41 Å². The number of ether oxygens (including phenoxy) is 1. The van der Waals surface area contributed by atoms with E-state index in [0.717, 1.165) is 57.4 Å². The normalized spacial score (nSPS) is 25.4. The van der Waals surface area contributed by atoms with Gasteiger partial charge in [-0.25, -0.2) is 8.78 Å². The Morgan fingerprint density at radius 3 is 2.43 bits per heavy atom. The van der Waals surface area contributed by atoms with Crippen LogP contribution >= 0.6 is 23.4 Å². The van der Waals surface area contributed by atoms with Gasteiger partial charge in [-0.2, -0.15) is 13.2 Å². The number of carbonyl (C=O) groups excluding carboxylic acids is 1. The lowest BCUT2D eigenvalue weighted by molar-refractivity contribution is -0.139. The van der Waals surface area contributed by atoms with Crippen molar-refractivity contribution < 1.29 is 31.5 Å². The highest BCUT2D eigenvalue weighted by atomic mass is 35.5. The van der Waals surface area contributed by atoms with Crippen LogP contribution in [-0.4, -0.2) is 96.3 Å². The van der Waals surface area contributed by atoms with Gasteiger partial charge in [-0.05, 0) is 58.0 Å². The first-order valence-electron chi connectivity index (χ1n) is 15.5. The Labute approximate surface area is 281 Å². The fourth-order valence-corrected chi connectivity index (χ4v) is 8.20. The first kappa shape index (κ1) is 35.4. The molecule has 256 valence electrons. The predicted molar refractivity (Wildman–Crippen MR) is 176 cm³/mol. The van der Waals surface area contributed by atoms with E-state index in [2.05, 4.69) is 16.8 Å². The summed E-state index contributed by atoms with van der Waals surface area (Å²) in [5, 5.41) is 12.1. The number of carbonyl (C=O) groups is 1. The molecule has 5 rings (SSSR count). The van der Waals surface area contributed by atoms with Crippen LogP contribution in [0.5, 0.6) is 0 Å². The third-order valence-electron chi connectivity index (χ3n) is 9.37. The van der Waals surface area contributed by atoms with E-state index >= 15 is 0 Å². The van der Waals surface area contributed by atoms with Crippen molar-refractivity contribution in [2.24, 2.45) is 5.41 Å². The summed E-state index contributed by atoms with van der Waals surface area (Å²) in [5.74, 6) is -1.01. The van der Waals surface area contributed by atoms with Gasteiger partial charge in [-0.3, -0.25) is 10.2 Å². The summed E-state index contributed by atoms with van der Waals surface area (Å²) in [6, 6.07) is 0.218. The number of alkyl halides is 3. The first-order chi connectivity index (χ1) is 22.3. The molecule has 0 bridgehead atoms. The molecule has 0 radical (unpaired) electrons. The summed E-state index contributed by atoms with van der Waals surface area (Å²) in [4.78, 5) is 18.5. The van der Waals surface area contributed by atoms with E-state index in [1.165, 1.54) is 17.8 Å². The second-order valence-corrected chi connectivity index (χ2v) is 14.2. The molecule has 3 fully saturated rings. The molecule has 2 N–H and O–H groups in total. The molecule has 0 unspecified atom stereocenters. The number of rotatable bonds is 7. The van der Waals surface area contributed by atoms with Crippen molar-refractivity contribution in [3.05, 3.63) is 64.8 Å². The highest BCUT2D eigenvalue weighted by Crippen LogP contribution is 2.47. The number of piperazine rings is 1. The molecule has 4 heterocycles. The molecule has 4 aliphatic rings. The number of thioether (sulfide) groups is 1. The van der Waals surface area contributed by atoms with Gasteiger partial charge in [0.1, 0.15) is 11.7 Å². The predicted octanol–water partition coefficient (Wildman–Crippen LogP) is 7.05. The lowest BCUT2D eigenvalue weighted by Crippen LogP contribution is -2.59. The molecule has 14 heteroatoms. The Bertz CT molecular complexity index is 1470. The van der Waals surface area contributed by atoms with Crippen molar-refractivity contribution >= 4 is 46.9 Å². The maximum Gasteiger partial charge on any atom is 0.417 e. The largest absolute Gasteiger partial charge is 0.417 e. The summed E-state index contributed by atoms with van der Waals surface area (Å²) in [5.41, 5.74) is -0.486. The van der Waals surface area contributed by atoms with E-state index in [-0.39, 0.29) is 70.7 Å². The molecule has 0 aromatic heterocycles. The monoisotopic (exact) mass is 699 g/mol. The highest BCUT2D eigenvalue weighted by Gasteiger charge is 2.43. The lowest BCUT2D eigenvalue weighted by atomic mass is 9.77. The average Bonchev–Trinajstić information content (AvgIpc) is 3.01. The van der Waals surface area contributed by atoms with Crippen LogP contribution in [0.1, 0.15) is 43.4 Å². The topological polar surface area (TPSA) is 71.9 Å². The number of hydrogen-bond acceptors (Lipinski definition) is 6. The fourth-order valence-electron chi connectivity index (χ4n) is 6.87. The molecule has 3 saturated heterocycles. The average molecular weight is 700 g/mol. The zero-order valence-corrected chi connectivity index (χ0v) is 27.9. The van der Waals surface area contributed by atoms with Crippen molar-refractivity contribution in [3.8, 4) is 0 Å². The molecule has 0 aliphatic carbocycles. The standard InChI is InChI=1S/C33H39ClF5N5O2S/c1-4-28(45)44-20(2)14-43(15-21(44)3)31(40)24-13-25(33(37,38)39)23(5-6-26(34)27(36)7-10-35)30-29(24)41-22(17-47-30)16-42-11-8-32(9-12-42)18-46-19-32/h4-7,10,13,20-22,40-41H,1,8-9,11-12,14-19H2,2-3H3/b6-5+,10-7+,27-26-,40-31?/t20-,21+,22-/m0/s1. The number of nitrogens with zero attached hydrogens (tertiary/aromatic N) is 3. The van der Waals surface area contributed by atoms with Crippen LogP contribution in [0.4, 0.5) is 27.6 Å². The minimum Gasteiger partial charge on any atom is -0.380 e. The number of allylic oxidation sites excluding steroid dienone is 4. The zero-order valence-electron chi connectivity index (χ0n) is 26.3. The second-order valence-electron chi connectivity index (χ2n) is 12.8. The van der Waals surface area contributed by atoms with Gasteiger partial charge in [-0.1, -0.05) is 24.3 Å². The summed E-state index contributed by atoms with van der Waals surface area (Å²) in [6.07, 6.45) is 0.967. The number of amidine groups is 1. The Hall–Kier alpha value is -2.87. The number of nitrogens with one attached hydrogen (secondary N) is 2. The number of halogens is 6. The van der Waals surface area contributed by atoms with E-state index in [4.69, 9.17) is 16.3 Å². The van der Waals surface area contributed by atoms with Crippen molar-refractivity contribution in [1.82, 2.24) is 14.7 Å². The molecular formula is C33H39ClF5N5O2S. The van der Waals surface area contributed by atoms with E-state index in [0.29, 0.717) is 24.1 Å². The van der Waals surface area contributed by atoms with Crippen molar-refractivity contribution in [2.75, 3.05) is 57.0 Å². The van der Waals surface area contributed by atoms with Gasteiger partial charge >= 0.3 is 6.18 Å². The summed E-state index contributed by atoms with van der Waals surface area (Å²) < 4.78 is 76.2. The van der Waals surface area contributed by atoms with Crippen LogP contribution in [-0.2, 0) is 15.7 Å². The number of likely N-dealkylation sites (tertiary alicyclic amines) is 1. The summed E-state index contributed by atoms with van der Waals surface area (Å²) in [6.45, 7) is 11.8. The molecule has 1 aromatic rings. The van der Waals surface area contributed by atoms with E-state index in [1.54, 1.807) is 9.80 Å². The maximum absolute atomic E-state index is 14.7. The molecule has 3 atom stereocenters. The van der Waals surface area contributed by atoms with Crippen molar-refractivity contribution in [2.45, 2.75) is 55.9 Å². The minimum atomic E-state index is -4.82. The minimum absolute atomic E-state index is 0.0497. The molecule has 0 saturated carbocycles. The molecular weight excluding hydrogens is 661 g/mol. The second kappa shape index (κ2) is 14.3. The van der Waals surface area contributed by atoms with Gasteiger partial charge in [0.25, 0.3) is 0 Å². The first-order valence-corrected chi connectivity index (χ1v) is 16.9. The molecule has 7 nitrogen and oxygen atoms in total. The van der Waals surface area contributed by atoms with Gasteiger partial charge in [0, 0.05) is 71.0 Å². The van der Waals surface area contributed by atoms with Gasteiger partial charge in [0.05, 0.1) is 35.8 Å². The molecule has 1 amide bonds. The summed E-state index contributed by atoms with van der Waals surface area (Å²) in [7, 11) is 0.